The molecule has 0 saturated heterocycles. The minimum absolute atomic E-state index is 0.401. The van der Waals surface area contributed by atoms with E-state index in [1.165, 1.54) is 0 Å². The van der Waals surface area contributed by atoms with Crippen molar-refractivity contribution in [2.24, 2.45) is 0 Å². The van der Waals surface area contributed by atoms with Gasteiger partial charge >= 0.3 is 23.3 Å². The quantitative estimate of drug-likeness (QED) is 0.583. The molecule has 0 aromatic carbocycles. The Morgan fingerprint density at radius 1 is 1.09 bits per heavy atom. The minimum atomic E-state index is -2.04. The Bertz CT molecular complexity index is 299. The van der Waals surface area contributed by atoms with E-state index in [4.69, 9.17) is 10.2 Å². The van der Waals surface area contributed by atoms with Crippen LogP contribution in [0, 0.1) is 0 Å². The van der Waals surface area contributed by atoms with Gasteiger partial charge in [0.2, 0.25) is 11.5 Å². The van der Waals surface area contributed by atoms with E-state index in [1.807, 2.05) is 0 Å². The van der Waals surface area contributed by atoms with Crippen molar-refractivity contribution in [3.63, 3.8) is 0 Å². The molecule has 1 aliphatic rings. The van der Waals surface area contributed by atoms with Crippen LogP contribution in [0.2, 0.25) is 0 Å². The maximum absolute atomic E-state index is 10.5. The molecule has 0 amide bonds. The van der Waals surface area contributed by atoms with Gasteiger partial charge in [-0.1, -0.05) is 0 Å². The minimum Gasteiger partial charge on any atom is -0.499 e. The molecule has 0 spiro atoms. The third-order valence-electron chi connectivity index (χ3n) is 1.08. The van der Waals surface area contributed by atoms with E-state index < -0.39 is 34.8 Å². The molecule has 0 fully saturated rings. The first-order valence-electron chi connectivity index (χ1n) is 2.51. The molecular formula is C4H2O6S. The number of rotatable bonds is 0. The van der Waals surface area contributed by atoms with E-state index in [0.717, 1.165) is 0 Å². The summed E-state index contributed by atoms with van der Waals surface area (Å²) in [7, 11) is 0. The first-order chi connectivity index (χ1) is 5.18. The number of hydrogen-bond acceptors (Lipinski definition) is 6. The smallest absolute Gasteiger partial charge is 0.423 e. The van der Waals surface area contributed by atoms with Gasteiger partial charge < -0.3 is 23.0 Å². The summed E-state index contributed by atoms with van der Waals surface area (Å²) in [5.41, 5.74) is 0. The van der Waals surface area contributed by atoms with Crippen LogP contribution in [-0.2, 0) is 11.4 Å². The molecule has 60 valence electrons. The molecule has 0 unspecified atom stereocenters. The van der Waals surface area contributed by atoms with Crippen LogP contribution >= 0.6 is 0 Å². The molecule has 0 radical (unpaired) electrons. The Morgan fingerprint density at radius 2 is 1.55 bits per heavy atom. The Balaban J connectivity index is 2.61. The summed E-state index contributed by atoms with van der Waals surface area (Å²) in [6.07, 6.45) is 0. The predicted molar refractivity (Wildman–Crippen MR) is 31.4 cm³/mol. The summed E-state index contributed by atoms with van der Waals surface area (Å²) in [6.45, 7) is 0. The van der Waals surface area contributed by atoms with E-state index in [9.17, 15) is 4.21 Å². The lowest BCUT2D eigenvalue weighted by atomic mass is 10.5. The molecule has 1 aromatic heterocycles. The Hall–Kier alpha value is -1.37. The van der Waals surface area contributed by atoms with Gasteiger partial charge in [-0.05, 0) is 0 Å². The Morgan fingerprint density at radius 3 is 2.00 bits per heavy atom. The molecule has 2 heterocycles. The largest absolute Gasteiger partial charge is 0.499 e. The molecule has 11 heavy (non-hydrogen) atoms. The van der Waals surface area contributed by atoms with Crippen LogP contribution in [0.3, 0.4) is 0 Å². The van der Waals surface area contributed by atoms with Crippen LogP contribution in [0.5, 0.6) is 23.4 Å². The average molecular weight is 178 g/mol. The summed E-state index contributed by atoms with van der Waals surface area (Å²) < 4.78 is 23.7. The van der Waals surface area contributed by atoms with Crippen molar-refractivity contribution >= 4 is 11.4 Å². The molecular weight excluding hydrogens is 176 g/mol. The molecule has 2 N–H and O–H groups in total. The maximum atomic E-state index is 10.5. The van der Waals surface area contributed by atoms with Crippen molar-refractivity contribution in [3.05, 3.63) is 0 Å². The summed E-state index contributed by atoms with van der Waals surface area (Å²) >= 11 is -2.04. The van der Waals surface area contributed by atoms with Crippen molar-refractivity contribution in [1.82, 2.24) is 0 Å². The van der Waals surface area contributed by atoms with Crippen LogP contribution in [0.4, 0.5) is 0 Å². The fourth-order valence-electron chi connectivity index (χ4n) is 0.628. The summed E-state index contributed by atoms with van der Waals surface area (Å²) in [6, 6.07) is 0. The average Bonchev–Trinajstić information content (AvgIpc) is 2.16. The summed E-state index contributed by atoms with van der Waals surface area (Å²) in [5.74, 6) is -2.01. The van der Waals surface area contributed by atoms with Crippen molar-refractivity contribution in [3.8, 4) is 23.4 Å². The third-order valence-corrected chi connectivity index (χ3v) is 1.66. The van der Waals surface area contributed by atoms with Gasteiger partial charge in [0.25, 0.3) is 0 Å². The van der Waals surface area contributed by atoms with E-state index in [2.05, 4.69) is 12.8 Å². The van der Waals surface area contributed by atoms with E-state index in [1.54, 1.807) is 0 Å². The van der Waals surface area contributed by atoms with Crippen molar-refractivity contribution in [2.75, 3.05) is 0 Å². The lowest BCUT2D eigenvalue weighted by Gasteiger charge is -2.02. The third kappa shape index (κ3) is 0.741. The number of furan rings is 1. The normalized spacial score (nSPS) is 15.6. The molecule has 7 heteroatoms. The van der Waals surface area contributed by atoms with Gasteiger partial charge in [-0.15, -0.1) is 0 Å². The second kappa shape index (κ2) is 1.82. The Labute approximate surface area is 62.8 Å². The molecule has 0 saturated carbocycles. The zero-order valence-corrected chi connectivity index (χ0v) is 5.75. The molecule has 6 nitrogen and oxygen atoms in total. The van der Waals surface area contributed by atoms with Gasteiger partial charge in [-0.2, -0.15) is 4.21 Å². The fourth-order valence-corrected chi connectivity index (χ4v) is 1.13. The van der Waals surface area contributed by atoms with Crippen molar-refractivity contribution in [1.29, 1.82) is 0 Å². The van der Waals surface area contributed by atoms with Crippen LogP contribution in [0.25, 0.3) is 0 Å². The fraction of sp³-hybridized carbons (Fsp3) is 0. The van der Waals surface area contributed by atoms with Crippen LogP contribution in [-0.4, -0.2) is 14.4 Å². The molecule has 0 aliphatic carbocycles. The number of aromatic hydroxyl groups is 2. The molecule has 2 rings (SSSR count). The van der Waals surface area contributed by atoms with Gasteiger partial charge in [0.1, 0.15) is 0 Å². The van der Waals surface area contributed by atoms with Gasteiger partial charge in [0.15, 0.2) is 0 Å². The predicted octanol–water partition coefficient (Wildman–Crippen LogP) is 0.0407. The first kappa shape index (κ1) is 6.35. The van der Waals surface area contributed by atoms with Crippen LogP contribution in [0.1, 0.15) is 0 Å². The lowest BCUT2D eigenvalue weighted by molar-refractivity contribution is 0.267. The monoisotopic (exact) mass is 178 g/mol. The SMILES string of the molecule is O=S1Oc2oc(c(O)c2O)O1. The second-order valence-electron chi connectivity index (χ2n) is 1.74. The van der Waals surface area contributed by atoms with Gasteiger partial charge in [-0.25, -0.2) is 0 Å². The van der Waals surface area contributed by atoms with Crippen LogP contribution < -0.4 is 8.37 Å². The zero-order valence-electron chi connectivity index (χ0n) is 4.94. The van der Waals surface area contributed by atoms with Gasteiger partial charge in [0, 0.05) is 0 Å². The zero-order chi connectivity index (χ0) is 8.01. The van der Waals surface area contributed by atoms with Gasteiger partial charge in [-0.3, -0.25) is 0 Å². The van der Waals surface area contributed by atoms with Crippen LogP contribution in [0.15, 0.2) is 4.42 Å². The standard InChI is InChI=1S/C4H2O6S/c5-1-2(6)4-8-3(1)9-11(7)10-4/h5-6H. The number of hydrogen-bond donors (Lipinski definition) is 2. The summed E-state index contributed by atoms with van der Waals surface area (Å²) in [4.78, 5) is 0. The Kier molecular flexibility index (Phi) is 1.05. The highest BCUT2D eigenvalue weighted by molar-refractivity contribution is 7.76. The molecule has 1 aromatic rings. The van der Waals surface area contributed by atoms with E-state index >= 15 is 0 Å². The van der Waals surface area contributed by atoms with Crippen molar-refractivity contribution < 1.29 is 27.2 Å². The molecule has 0 atom stereocenters. The van der Waals surface area contributed by atoms with E-state index in [0.29, 0.717) is 0 Å². The molecule has 2 bridgehead atoms. The first-order valence-corrected chi connectivity index (χ1v) is 3.51. The highest BCUT2D eigenvalue weighted by Crippen LogP contribution is 2.49. The highest BCUT2D eigenvalue weighted by atomic mass is 32.2. The number of fused-ring (bicyclic) bond motifs is 2. The van der Waals surface area contributed by atoms with E-state index in [-0.39, 0.29) is 0 Å². The topological polar surface area (TPSA) is 89.1 Å². The summed E-state index contributed by atoms with van der Waals surface area (Å²) in [5, 5.41) is 17.8. The second-order valence-corrected chi connectivity index (χ2v) is 2.49. The molecule has 1 aliphatic heterocycles. The van der Waals surface area contributed by atoms with Gasteiger partial charge in [0.05, 0.1) is 0 Å². The highest BCUT2D eigenvalue weighted by Gasteiger charge is 2.31. The lowest BCUT2D eigenvalue weighted by Crippen LogP contribution is -2.08. The van der Waals surface area contributed by atoms with Crippen molar-refractivity contribution in [2.45, 2.75) is 0 Å². The maximum Gasteiger partial charge on any atom is 0.423 e.